The molecule has 1 aliphatic rings. The Balaban J connectivity index is 1.69. The van der Waals surface area contributed by atoms with E-state index >= 15 is 0 Å². The maximum absolute atomic E-state index is 13.6. The molecule has 11 heteroatoms. The Morgan fingerprint density at radius 2 is 2.03 bits per heavy atom. The average molecular weight is 454 g/mol. The Kier molecular flexibility index (Phi) is 5.52. The van der Waals surface area contributed by atoms with Crippen LogP contribution >= 0.6 is 11.6 Å². The van der Waals surface area contributed by atoms with Crippen LogP contribution in [0.2, 0.25) is 5.15 Å². The number of carbonyl (C=O) groups excluding carboxylic acids is 1. The number of alkyl halides is 3. The first-order valence-corrected chi connectivity index (χ1v) is 9.92. The third kappa shape index (κ3) is 3.92. The van der Waals surface area contributed by atoms with Crippen molar-refractivity contribution in [3.63, 3.8) is 0 Å². The number of fused-ring (bicyclic) bond motifs is 3. The third-order valence-corrected chi connectivity index (χ3v) is 5.55. The number of benzene rings is 1. The fourth-order valence-corrected chi connectivity index (χ4v) is 4.09. The van der Waals surface area contributed by atoms with Gasteiger partial charge in [-0.1, -0.05) is 23.7 Å². The second kappa shape index (κ2) is 8.01. The van der Waals surface area contributed by atoms with Gasteiger partial charge in [-0.05, 0) is 30.5 Å². The predicted molar refractivity (Wildman–Crippen MR) is 108 cm³/mol. The van der Waals surface area contributed by atoms with Crippen molar-refractivity contribution < 1.29 is 23.1 Å². The molecule has 0 spiro atoms. The largest absolute Gasteiger partial charge is 0.413 e. The van der Waals surface area contributed by atoms with Gasteiger partial charge in [0.15, 0.2) is 16.8 Å². The van der Waals surface area contributed by atoms with Gasteiger partial charge in [-0.3, -0.25) is 4.79 Å². The zero-order chi connectivity index (χ0) is 22.3. The van der Waals surface area contributed by atoms with Gasteiger partial charge in [-0.15, -0.1) is 0 Å². The number of hydrogen-bond donors (Lipinski definition) is 1. The Bertz CT molecular complexity index is 1120. The van der Waals surface area contributed by atoms with E-state index in [2.05, 4.69) is 10.1 Å². The number of rotatable bonds is 4. The molecule has 0 saturated carbocycles. The van der Waals surface area contributed by atoms with Gasteiger partial charge in [-0.25, -0.2) is 9.50 Å². The predicted octanol–water partition coefficient (Wildman–Crippen LogP) is 3.52. The van der Waals surface area contributed by atoms with Gasteiger partial charge in [0, 0.05) is 25.3 Å². The van der Waals surface area contributed by atoms with Gasteiger partial charge in [0.1, 0.15) is 6.61 Å². The van der Waals surface area contributed by atoms with E-state index in [0.717, 1.165) is 31.3 Å². The standard InChI is InChI=1S/C20H19ClF3N5O2/c1-27(18(31)11-30)19(20(22,23)24)12-4-6-13(7-5-12)28-8-2-3-14-15(28)10-25-17-9-16(21)26-29(14)17/h4-7,9-10,19,30H,2-3,8,11H2,1H3/t19-/m0/s1. The van der Waals surface area contributed by atoms with Gasteiger partial charge in [0.2, 0.25) is 5.91 Å². The summed E-state index contributed by atoms with van der Waals surface area (Å²) >= 11 is 6.00. The van der Waals surface area contributed by atoms with Gasteiger partial charge in [0.05, 0.1) is 17.6 Å². The minimum Gasteiger partial charge on any atom is -0.387 e. The lowest BCUT2D eigenvalue weighted by Crippen LogP contribution is -2.41. The van der Waals surface area contributed by atoms with Crippen LogP contribution in [0.15, 0.2) is 36.5 Å². The number of likely N-dealkylation sites (N-methyl/N-ethyl adjacent to an activating group) is 1. The van der Waals surface area contributed by atoms with Crippen LogP contribution < -0.4 is 4.90 Å². The van der Waals surface area contributed by atoms with E-state index in [1.54, 1.807) is 28.9 Å². The monoisotopic (exact) mass is 453 g/mol. The summed E-state index contributed by atoms with van der Waals surface area (Å²) in [6.45, 7) is -0.329. The molecule has 3 heterocycles. The van der Waals surface area contributed by atoms with Crippen LogP contribution in [-0.2, 0) is 11.2 Å². The lowest BCUT2D eigenvalue weighted by atomic mass is 10.0. The summed E-state index contributed by atoms with van der Waals surface area (Å²) in [6, 6.07) is 5.37. The Labute approximate surface area is 180 Å². The van der Waals surface area contributed by atoms with Crippen LogP contribution in [-0.4, -0.2) is 56.9 Å². The summed E-state index contributed by atoms with van der Waals surface area (Å²) in [7, 11) is 1.03. The maximum atomic E-state index is 13.6. The van der Waals surface area contributed by atoms with E-state index in [9.17, 15) is 18.0 Å². The van der Waals surface area contributed by atoms with Crippen molar-refractivity contribution in [2.75, 3.05) is 25.1 Å². The number of amides is 1. The molecule has 0 radical (unpaired) electrons. The minimum absolute atomic E-state index is 0.0924. The van der Waals surface area contributed by atoms with Gasteiger partial charge < -0.3 is 14.9 Å². The Morgan fingerprint density at radius 1 is 1.32 bits per heavy atom. The molecule has 7 nitrogen and oxygen atoms in total. The number of carbonyl (C=O) groups is 1. The zero-order valence-corrected chi connectivity index (χ0v) is 17.2. The fourth-order valence-electron chi connectivity index (χ4n) is 3.92. The highest BCUT2D eigenvalue weighted by atomic mass is 35.5. The molecule has 0 unspecified atom stereocenters. The number of nitrogens with zero attached hydrogens (tertiary/aromatic N) is 5. The van der Waals surface area contributed by atoms with E-state index < -0.39 is 24.7 Å². The highest BCUT2D eigenvalue weighted by molar-refractivity contribution is 6.29. The molecular formula is C20H19ClF3N5O2. The number of aromatic nitrogens is 3. The lowest BCUT2D eigenvalue weighted by molar-refractivity contribution is -0.189. The summed E-state index contributed by atoms with van der Waals surface area (Å²) in [4.78, 5) is 18.5. The Morgan fingerprint density at radius 3 is 2.68 bits per heavy atom. The van der Waals surface area contributed by atoms with Crippen molar-refractivity contribution in [3.8, 4) is 0 Å². The first kappa shape index (κ1) is 21.4. The van der Waals surface area contributed by atoms with Crippen molar-refractivity contribution in [3.05, 3.63) is 52.9 Å². The van der Waals surface area contributed by atoms with Gasteiger partial charge in [0.25, 0.3) is 0 Å². The molecule has 0 saturated heterocycles. The van der Waals surface area contributed by atoms with Crippen molar-refractivity contribution in [1.82, 2.24) is 19.5 Å². The zero-order valence-electron chi connectivity index (χ0n) is 16.5. The molecule has 0 bridgehead atoms. The molecule has 3 aromatic rings. The second-order valence-corrected chi connectivity index (χ2v) is 7.67. The molecule has 0 aliphatic carbocycles. The topological polar surface area (TPSA) is 74.0 Å². The van der Waals surface area contributed by atoms with Gasteiger partial charge in [-0.2, -0.15) is 18.3 Å². The quantitative estimate of drug-likeness (QED) is 0.654. The van der Waals surface area contributed by atoms with Crippen molar-refractivity contribution in [2.45, 2.75) is 25.1 Å². The number of halogens is 4. The summed E-state index contributed by atoms with van der Waals surface area (Å²) in [5.74, 6) is -1.01. The van der Waals surface area contributed by atoms with Crippen molar-refractivity contribution in [1.29, 1.82) is 0 Å². The maximum Gasteiger partial charge on any atom is 0.413 e. The van der Waals surface area contributed by atoms with Crippen LogP contribution in [0.5, 0.6) is 0 Å². The molecule has 4 rings (SSSR count). The molecule has 1 N–H and O–H groups in total. The highest BCUT2D eigenvalue weighted by Crippen LogP contribution is 2.39. The smallest absolute Gasteiger partial charge is 0.387 e. The highest BCUT2D eigenvalue weighted by Gasteiger charge is 2.45. The molecule has 1 aliphatic heterocycles. The van der Waals surface area contributed by atoms with Crippen LogP contribution in [0.3, 0.4) is 0 Å². The van der Waals surface area contributed by atoms with E-state index in [1.807, 2.05) is 4.90 Å². The second-order valence-electron chi connectivity index (χ2n) is 7.28. The van der Waals surface area contributed by atoms with E-state index in [4.69, 9.17) is 16.7 Å². The summed E-state index contributed by atoms with van der Waals surface area (Å²) in [6.07, 6.45) is -1.38. The lowest BCUT2D eigenvalue weighted by Gasteiger charge is -2.32. The van der Waals surface area contributed by atoms with Crippen LogP contribution in [0, 0.1) is 0 Å². The third-order valence-electron chi connectivity index (χ3n) is 5.36. The van der Waals surface area contributed by atoms with Crippen LogP contribution in [0.4, 0.5) is 24.5 Å². The molecule has 31 heavy (non-hydrogen) atoms. The SMILES string of the molecule is CN(C(=O)CO)[C@@H](c1ccc(N2CCCc3c2cnc2cc(Cl)nn32)cc1)C(F)(F)F. The number of hydrogen-bond acceptors (Lipinski definition) is 5. The molecule has 2 aromatic heterocycles. The number of aryl methyl sites for hydroxylation is 1. The molecule has 1 aromatic carbocycles. The number of anilines is 2. The summed E-state index contributed by atoms with van der Waals surface area (Å²) in [5, 5.41) is 13.6. The van der Waals surface area contributed by atoms with E-state index in [0.29, 0.717) is 27.9 Å². The minimum atomic E-state index is -4.69. The summed E-state index contributed by atoms with van der Waals surface area (Å²) in [5.41, 5.74) is 2.97. The fraction of sp³-hybridized carbons (Fsp3) is 0.350. The van der Waals surface area contributed by atoms with E-state index in [1.165, 1.54) is 12.1 Å². The van der Waals surface area contributed by atoms with Crippen molar-refractivity contribution in [2.24, 2.45) is 0 Å². The normalized spacial score (nSPS) is 15.1. The van der Waals surface area contributed by atoms with Crippen molar-refractivity contribution >= 4 is 34.5 Å². The van der Waals surface area contributed by atoms with Crippen LogP contribution in [0.1, 0.15) is 23.7 Å². The van der Waals surface area contributed by atoms with Crippen LogP contribution in [0.25, 0.3) is 5.65 Å². The molecule has 0 fully saturated rings. The average Bonchev–Trinajstić information content (AvgIpc) is 3.13. The van der Waals surface area contributed by atoms with Gasteiger partial charge >= 0.3 is 6.18 Å². The molecule has 164 valence electrons. The molecular weight excluding hydrogens is 435 g/mol. The molecule has 1 amide bonds. The number of aliphatic hydroxyl groups is 1. The van der Waals surface area contributed by atoms with E-state index in [-0.39, 0.29) is 5.56 Å². The summed E-state index contributed by atoms with van der Waals surface area (Å²) < 4.78 is 42.6. The first-order valence-electron chi connectivity index (χ1n) is 9.54. The molecule has 1 atom stereocenters. The number of aliphatic hydroxyl groups excluding tert-OH is 1. The Hall–Kier alpha value is -2.85. The first-order chi connectivity index (χ1) is 14.7.